The fraction of sp³-hybridized carbons (Fsp3) is 0.500. The van der Waals surface area contributed by atoms with E-state index in [1.807, 2.05) is 31.3 Å². The van der Waals surface area contributed by atoms with Gasteiger partial charge in [-0.25, -0.2) is 0 Å². The summed E-state index contributed by atoms with van der Waals surface area (Å²) in [6.07, 6.45) is 2.26. The summed E-state index contributed by atoms with van der Waals surface area (Å²) in [6, 6.07) is 7.82. The van der Waals surface area contributed by atoms with Crippen molar-refractivity contribution in [3.05, 3.63) is 29.8 Å². The summed E-state index contributed by atoms with van der Waals surface area (Å²) >= 11 is 0. The molecule has 0 aromatic heterocycles. The van der Waals surface area contributed by atoms with Crippen molar-refractivity contribution in [2.45, 2.75) is 19.3 Å². The van der Waals surface area contributed by atoms with Gasteiger partial charge in [0.25, 0.3) is 0 Å². The van der Waals surface area contributed by atoms with Gasteiger partial charge in [0, 0.05) is 13.0 Å². The summed E-state index contributed by atoms with van der Waals surface area (Å²) in [5.74, 6) is 0.956. The summed E-state index contributed by atoms with van der Waals surface area (Å²) in [5, 5.41) is 5.95. The molecule has 0 aliphatic carbocycles. The van der Waals surface area contributed by atoms with Crippen LogP contribution in [0.25, 0.3) is 0 Å². The lowest BCUT2D eigenvalue weighted by Gasteiger charge is -2.05. The third-order valence-electron chi connectivity index (χ3n) is 2.73. The first-order valence-electron chi connectivity index (χ1n) is 6.30. The SMILES string of the molecule is CNCCCNC(=O)CCc1ccc(OC)cc1. The van der Waals surface area contributed by atoms with Crippen molar-refractivity contribution in [2.24, 2.45) is 0 Å². The van der Waals surface area contributed by atoms with Gasteiger partial charge in [-0.15, -0.1) is 0 Å². The molecule has 0 bridgehead atoms. The van der Waals surface area contributed by atoms with E-state index in [-0.39, 0.29) is 5.91 Å². The van der Waals surface area contributed by atoms with Gasteiger partial charge in [0.2, 0.25) is 5.91 Å². The van der Waals surface area contributed by atoms with Crippen LogP contribution in [0, 0.1) is 0 Å². The highest BCUT2D eigenvalue weighted by molar-refractivity contribution is 5.76. The average Bonchev–Trinajstić information content (AvgIpc) is 2.42. The minimum atomic E-state index is 0.113. The highest BCUT2D eigenvalue weighted by Crippen LogP contribution is 2.12. The Morgan fingerprint density at radius 3 is 2.56 bits per heavy atom. The summed E-state index contributed by atoms with van der Waals surface area (Å²) in [4.78, 5) is 11.5. The zero-order valence-corrected chi connectivity index (χ0v) is 11.2. The Labute approximate surface area is 109 Å². The second-order valence-corrected chi connectivity index (χ2v) is 4.16. The molecule has 1 rings (SSSR count). The molecule has 1 amide bonds. The van der Waals surface area contributed by atoms with Gasteiger partial charge in [-0.1, -0.05) is 12.1 Å². The van der Waals surface area contributed by atoms with E-state index >= 15 is 0 Å². The van der Waals surface area contributed by atoms with Crippen LogP contribution in [0.4, 0.5) is 0 Å². The zero-order chi connectivity index (χ0) is 13.2. The number of methoxy groups -OCH3 is 1. The molecule has 0 saturated heterocycles. The lowest BCUT2D eigenvalue weighted by Crippen LogP contribution is -2.26. The molecule has 0 radical (unpaired) electrons. The average molecular weight is 250 g/mol. The smallest absolute Gasteiger partial charge is 0.220 e. The predicted molar refractivity (Wildman–Crippen MR) is 72.9 cm³/mol. The Balaban J connectivity index is 2.20. The molecular weight excluding hydrogens is 228 g/mol. The highest BCUT2D eigenvalue weighted by atomic mass is 16.5. The van der Waals surface area contributed by atoms with Crippen molar-refractivity contribution in [1.29, 1.82) is 0 Å². The van der Waals surface area contributed by atoms with E-state index in [1.54, 1.807) is 7.11 Å². The maximum atomic E-state index is 11.5. The number of hydrogen-bond acceptors (Lipinski definition) is 3. The number of nitrogens with one attached hydrogen (secondary N) is 2. The van der Waals surface area contributed by atoms with E-state index in [0.717, 1.165) is 37.2 Å². The molecule has 1 aromatic carbocycles. The Hall–Kier alpha value is -1.55. The summed E-state index contributed by atoms with van der Waals surface area (Å²) in [5.41, 5.74) is 1.15. The van der Waals surface area contributed by atoms with E-state index in [1.165, 1.54) is 0 Å². The van der Waals surface area contributed by atoms with Gasteiger partial charge in [0.1, 0.15) is 5.75 Å². The molecular formula is C14H22N2O2. The van der Waals surface area contributed by atoms with Gasteiger partial charge < -0.3 is 15.4 Å². The van der Waals surface area contributed by atoms with Crippen molar-refractivity contribution in [3.63, 3.8) is 0 Å². The van der Waals surface area contributed by atoms with Crippen LogP contribution in [0.3, 0.4) is 0 Å². The molecule has 0 aliphatic heterocycles. The lowest BCUT2D eigenvalue weighted by atomic mass is 10.1. The maximum absolute atomic E-state index is 11.5. The molecule has 4 heteroatoms. The van der Waals surface area contributed by atoms with E-state index in [0.29, 0.717) is 6.42 Å². The van der Waals surface area contributed by atoms with E-state index < -0.39 is 0 Å². The first kappa shape index (κ1) is 14.5. The van der Waals surface area contributed by atoms with Crippen LogP contribution in [0.2, 0.25) is 0 Å². The van der Waals surface area contributed by atoms with Crippen molar-refractivity contribution >= 4 is 5.91 Å². The van der Waals surface area contributed by atoms with Crippen LogP contribution >= 0.6 is 0 Å². The molecule has 0 spiro atoms. The molecule has 0 saturated carbocycles. The molecule has 4 nitrogen and oxygen atoms in total. The van der Waals surface area contributed by atoms with E-state index in [4.69, 9.17) is 4.74 Å². The number of hydrogen-bond donors (Lipinski definition) is 2. The highest BCUT2D eigenvalue weighted by Gasteiger charge is 2.01. The first-order valence-corrected chi connectivity index (χ1v) is 6.30. The van der Waals surface area contributed by atoms with Crippen molar-refractivity contribution in [3.8, 4) is 5.75 Å². The zero-order valence-electron chi connectivity index (χ0n) is 11.2. The van der Waals surface area contributed by atoms with Gasteiger partial charge in [-0.3, -0.25) is 4.79 Å². The quantitative estimate of drug-likeness (QED) is 0.685. The molecule has 2 N–H and O–H groups in total. The van der Waals surface area contributed by atoms with E-state index in [2.05, 4.69) is 10.6 Å². The standard InChI is InChI=1S/C14H22N2O2/c1-15-10-3-11-16-14(17)9-6-12-4-7-13(18-2)8-5-12/h4-5,7-8,15H,3,6,9-11H2,1-2H3,(H,16,17). The second-order valence-electron chi connectivity index (χ2n) is 4.16. The van der Waals surface area contributed by atoms with Gasteiger partial charge in [-0.2, -0.15) is 0 Å². The second kappa shape index (κ2) is 8.53. The van der Waals surface area contributed by atoms with Crippen LogP contribution in [0.15, 0.2) is 24.3 Å². The van der Waals surface area contributed by atoms with Crippen LogP contribution in [-0.4, -0.2) is 33.2 Å². The van der Waals surface area contributed by atoms with Gasteiger partial charge >= 0.3 is 0 Å². The lowest BCUT2D eigenvalue weighted by molar-refractivity contribution is -0.121. The molecule has 100 valence electrons. The van der Waals surface area contributed by atoms with Crippen molar-refractivity contribution in [2.75, 3.05) is 27.2 Å². The topological polar surface area (TPSA) is 50.4 Å². The number of carbonyl (C=O) groups excluding carboxylic acids is 1. The molecule has 0 atom stereocenters. The Morgan fingerprint density at radius 1 is 1.22 bits per heavy atom. The molecule has 0 aliphatic rings. The third kappa shape index (κ3) is 5.68. The van der Waals surface area contributed by atoms with Crippen molar-refractivity contribution in [1.82, 2.24) is 10.6 Å². The maximum Gasteiger partial charge on any atom is 0.220 e. The van der Waals surface area contributed by atoms with Crippen LogP contribution in [0.1, 0.15) is 18.4 Å². The largest absolute Gasteiger partial charge is 0.497 e. The molecule has 18 heavy (non-hydrogen) atoms. The first-order chi connectivity index (χ1) is 8.76. The summed E-state index contributed by atoms with van der Waals surface area (Å²) < 4.78 is 5.09. The number of benzene rings is 1. The predicted octanol–water partition coefficient (Wildman–Crippen LogP) is 1.35. The van der Waals surface area contributed by atoms with Crippen molar-refractivity contribution < 1.29 is 9.53 Å². The number of carbonyl (C=O) groups is 1. The Bertz CT molecular complexity index is 349. The summed E-state index contributed by atoms with van der Waals surface area (Å²) in [7, 11) is 3.55. The Morgan fingerprint density at radius 2 is 1.94 bits per heavy atom. The van der Waals surface area contributed by atoms with E-state index in [9.17, 15) is 4.79 Å². The Kier molecular flexibility index (Phi) is 6.87. The number of amides is 1. The minimum Gasteiger partial charge on any atom is -0.497 e. The molecule has 0 unspecified atom stereocenters. The molecule has 0 fully saturated rings. The van der Waals surface area contributed by atoms with Crippen LogP contribution in [-0.2, 0) is 11.2 Å². The van der Waals surface area contributed by atoms with Gasteiger partial charge in [0.05, 0.1) is 7.11 Å². The fourth-order valence-corrected chi connectivity index (χ4v) is 1.63. The van der Waals surface area contributed by atoms with Gasteiger partial charge in [0.15, 0.2) is 0 Å². The monoisotopic (exact) mass is 250 g/mol. The molecule has 0 heterocycles. The third-order valence-corrected chi connectivity index (χ3v) is 2.73. The minimum absolute atomic E-state index is 0.113. The molecule has 1 aromatic rings. The number of aryl methyl sites for hydroxylation is 1. The number of ether oxygens (including phenoxy) is 1. The van der Waals surface area contributed by atoms with Gasteiger partial charge in [-0.05, 0) is 44.1 Å². The summed E-state index contributed by atoms with van der Waals surface area (Å²) in [6.45, 7) is 1.67. The number of rotatable bonds is 8. The van der Waals surface area contributed by atoms with Crippen LogP contribution < -0.4 is 15.4 Å². The normalized spacial score (nSPS) is 10.1. The van der Waals surface area contributed by atoms with Crippen LogP contribution in [0.5, 0.6) is 5.75 Å². The fourth-order valence-electron chi connectivity index (χ4n) is 1.63.